The lowest BCUT2D eigenvalue weighted by Crippen LogP contribution is -2.36. The van der Waals surface area contributed by atoms with Crippen LogP contribution in [0.4, 0.5) is 17.1 Å². The minimum absolute atomic E-state index is 0.495. The first kappa shape index (κ1) is 19.6. The highest BCUT2D eigenvalue weighted by Crippen LogP contribution is 2.30. The Bertz CT molecular complexity index is 967. The van der Waals surface area contributed by atoms with E-state index in [0.717, 1.165) is 42.1 Å². The Morgan fingerprint density at radius 2 is 1.79 bits per heavy atom. The van der Waals surface area contributed by atoms with Crippen LogP contribution in [0.3, 0.4) is 0 Å². The quantitative estimate of drug-likeness (QED) is 0.584. The molecule has 152 valence electrons. The molecule has 0 bridgehead atoms. The number of hydrogen-bond donors (Lipinski definition) is 2. The van der Waals surface area contributed by atoms with E-state index in [0.29, 0.717) is 23.8 Å². The number of ether oxygens (including phenoxy) is 1. The van der Waals surface area contributed by atoms with Gasteiger partial charge in [0.15, 0.2) is 16.1 Å². The Labute approximate surface area is 175 Å². The molecule has 2 aromatic carbocycles. The summed E-state index contributed by atoms with van der Waals surface area (Å²) >= 11 is 5.49. The van der Waals surface area contributed by atoms with Crippen LogP contribution in [0.1, 0.15) is 25.3 Å². The number of thiocarbonyl (C=S) groups is 1. The molecule has 2 N–H and O–H groups in total. The number of nitrogens with zero attached hydrogens (tertiary/aromatic N) is 3. The molecule has 1 aromatic heterocycles. The van der Waals surface area contributed by atoms with Crippen LogP contribution < -0.4 is 15.5 Å². The van der Waals surface area contributed by atoms with Gasteiger partial charge in [-0.15, -0.1) is 0 Å². The molecule has 0 unspecified atom stereocenters. The molecule has 4 rings (SSSR count). The Hall–Kier alpha value is -2.71. The molecule has 0 atom stereocenters. The number of rotatable bonds is 6. The molecule has 0 spiro atoms. The Balaban J connectivity index is 1.45. The van der Waals surface area contributed by atoms with Gasteiger partial charge in [-0.2, -0.15) is 0 Å². The zero-order valence-corrected chi connectivity index (χ0v) is 17.3. The molecule has 1 aliphatic heterocycles. The van der Waals surface area contributed by atoms with Crippen molar-refractivity contribution in [1.82, 2.24) is 10.3 Å². The maximum Gasteiger partial charge on any atom is 0.175 e. The van der Waals surface area contributed by atoms with Gasteiger partial charge in [0.25, 0.3) is 0 Å². The van der Waals surface area contributed by atoms with E-state index in [-0.39, 0.29) is 0 Å². The van der Waals surface area contributed by atoms with Crippen molar-refractivity contribution in [3.63, 3.8) is 0 Å². The molecule has 0 radical (unpaired) electrons. The van der Waals surface area contributed by atoms with Gasteiger partial charge in [0, 0.05) is 18.8 Å². The zero-order chi connectivity index (χ0) is 20.1. The number of anilines is 3. The van der Waals surface area contributed by atoms with Crippen LogP contribution in [0.2, 0.25) is 0 Å². The van der Waals surface area contributed by atoms with Crippen LogP contribution in [-0.4, -0.2) is 41.7 Å². The van der Waals surface area contributed by atoms with Crippen molar-refractivity contribution in [3.8, 4) is 0 Å². The lowest BCUT2D eigenvalue weighted by atomic mass is 10.1. The van der Waals surface area contributed by atoms with Crippen molar-refractivity contribution in [1.29, 1.82) is 0 Å². The topological polar surface area (TPSA) is 75.5 Å². The standard InChI is InChI=1S/C21H25N5O2S/c1-2-3-4-15-5-7-16(8-6-15)22-21(29)23-17-9-10-18(20-19(17)24-28-25-20)26-11-13-27-14-12-26/h5-10H,2-4,11-14H2,1H3,(H2,22,23,29). The summed E-state index contributed by atoms with van der Waals surface area (Å²) in [6.45, 7) is 5.26. The van der Waals surface area contributed by atoms with Gasteiger partial charge in [-0.1, -0.05) is 25.5 Å². The van der Waals surface area contributed by atoms with Gasteiger partial charge in [0.1, 0.15) is 0 Å². The van der Waals surface area contributed by atoms with Gasteiger partial charge in [0.05, 0.1) is 24.6 Å². The summed E-state index contributed by atoms with van der Waals surface area (Å²) in [5, 5.41) is 15.1. The zero-order valence-electron chi connectivity index (χ0n) is 16.5. The lowest BCUT2D eigenvalue weighted by molar-refractivity contribution is 0.123. The van der Waals surface area contributed by atoms with Crippen LogP contribution in [-0.2, 0) is 11.2 Å². The van der Waals surface area contributed by atoms with E-state index in [1.807, 2.05) is 24.3 Å². The van der Waals surface area contributed by atoms with Gasteiger partial charge < -0.3 is 20.3 Å². The Morgan fingerprint density at radius 1 is 1.03 bits per heavy atom. The van der Waals surface area contributed by atoms with Crippen LogP contribution >= 0.6 is 12.2 Å². The fraction of sp³-hybridized carbons (Fsp3) is 0.381. The number of morpholine rings is 1. The molecule has 7 nitrogen and oxygen atoms in total. The summed E-state index contributed by atoms with van der Waals surface area (Å²) in [4.78, 5) is 2.23. The third-order valence-corrected chi connectivity index (χ3v) is 5.23. The molecule has 1 aliphatic rings. The van der Waals surface area contributed by atoms with Crippen LogP contribution in [0.15, 0.2) is 41.0 Å². The molecular formula is C21H25N5O2S. The van der Waals surface area contributed by atoms with Gasteiger partial charge in [-0.05, 0) is 65.2 Å². The van der Waals surface area contributed by atoms with Crippen molar-refractivity contribution in [2.75, 3.05) is 41.8 Å². The van der Waals surface area contributed by atoms with E-state index in [9.17, 15) is 0 Å². The van der Waals surface area contributed by atoms with Gasteiger partial charge in [0.2, 0.25) is 0 Å². The summed E-state index contributed by atoms with van der Waals surface area (Å²) in [6, 6.07) is 12.3. The van der Waals surface area contributed by atoms with Crippen molar-refractivity contribution in [2.24, 2.45) is 0 Å². The number of hydrogen-bond acceptors (Lipinski definition) is 6. The minimum atomic E-state index is 0.495. The van der Waals surface area contributed by atoms with Crippen molar-refractivity contribution in [3.05, 3.63) is 42.0 Å². The highest BCUT2D eigenvalue weighted by molar-refractivity contribution is 7.80. The molecule has 1 fully saturated rings. The van der Waals surface area contributed by atoms with Crippen LogP contribution in [0.25, 0.3) is 11.0 Å². The SMILES string of the molecule is CCCCc1ccc(NC(=S)Nc2ccc(N3CCOCC3)c3nonc23)cc1. The van der Waals surface area contributed by atoms with Gasteiger partial charge in [-0.25, -0.2) is 4.63 Å². The average Bonchev–Trinajstić information content (AvgIpc) is 3.24. The predicted octanol–water partition coefficient (Wildman–Crippen LogP) is 4.21. The fourth-order valence-electron chi connectivity index (χ4n) is 3.43. The van der Waals surface area contributed by atoms with Crippen molar-refractivity contribution in [2.45, 2.75) is 26.2 Å². The van der Waals surface area contributed by atoms with E-state index in [1.165, 1.54) is 18.4 Å². The molecule has 2 heterocycles. The summed E-state index contributed by atoms with van der Waals surface area (Å²) in [7, 11) is 0. The Morgan fingerprint density at radius 3 is 2.55 bits per heavy atom. The van der Waals surface area contributed by atoms with Gasteiger partial charge >= 0.3 is 0 Å². The van der Waals surface area contributed by atoms with E-state index in [4.69, 9.17) is 21.6 Å². The molecule has 8 heteroatoms. The van der Waals surface area contributed by atoms with Crippen molar-refractivity contribution < 1.29 is 9.37 Å². The molecule has 0 saturated carbocycles. The maximum absolute atomic E-state index is 5.49. The highest BCUT2D eigenvalue weighted by Gasteiger charge is 2.19. The first-order valence-electron chi connectivity index (χ1n) is 9.99. The van der Waals surface area contributed by atoms with Gasteiger partial charge in [-0.3, -0.25) is 0 Å². The largest absolute Gasteiger partial charge is 0.378 e. The third kappa shape index (κ3) is 4.65. The molecule has 0 aliphatic carbocycles. The normalized spacial score (nSPS) is 14.2. The van der Waals surface area contributed by atoms with Crippen LogP contribution in [0, 0.1) is 0 Å². The maximum atomic E-state index is 5.49. The monoisotopic (exact) mass is 411 g/mol. The minimum Gasteiger partial charge on any atom is -0.378 e. The van der Waals surface area contributed by atoms with E-state index in [1.54, 1.807) is 0 Å². The number of fused-ring (bicyclic) bond motifs is 1. The number of unbranched alkanes of at least 4 members (excludes halogenated alkanes) is 1. The number of nitrogens with one attached hydrogen (secondary N) is 2. The summed E-state index contributed by atoms with van der Waals surface area (Å²) in [5.74, 6) is 0. The molecule has 3 aromatic rings. The molecule has 1 saturated heterocycles. The third-order valence-electron chi connectivity index (χ3n) is 5.02. The number of benzene rings is 2. The van der Waals surface area contributed by atoms with E-state index in [2.05, 4.69) is 44.9 Å². The summed E-state index contributed by atoms with van der Waals surface area (Å²) < 4.78 is 10.5. The first-order valence-corrected chi connectivity index (χ1v) is 10.4. The lowest BCUT2D eigenvalue weighted by Gasteiger charge is -2.28. The molecule has 0 amide bonds. The highest BCUT2D eigenvalue weighted by atomic mass is 32.1. The predicted molar refractivity (Wildman–Crippen MR) is 120 cm³/mol. The smallest absolute Gasteiger partial charge is 0.175 e. The van der Waals surface area contributed by atoms with Crippen LogP contribution in [0.5, 0.6) is 0 Å². The van der Waals surface area contributed by atoms with Crippen molar-refractivity contribution >= 4 is 45.4 Å². The summed E-state index contributed by atoms with van der Waals surface area (Å²) in [5.41, 5.74) is 5.42. The number of aromatic nitrogens is 2. The second-order valence-corrected chi connectivity index (χ2v) is 7.48. The Kier molecular flexibility index (Phi) is 6.21. The second kappa shape index (κ2) is 9.19. The second-order valence-electron chi connectivity index (χ2n) is 7.07. The molecule has 29 heavy (non-hydrogen) atoms. The summed E-state index contributed by atoms with van der Waals surface area (Å²) in [6.07, 6.45) is 3.50. The fourth-order valence-corrected chi connectivity index (χ4v) is 3.66. The average molecular weight is 412 g/mol. The molecular weight excluding hydrogens is 386 g/mol. The number of aryl methyl sites for hydroxylation is 1. The first-order chi connectivity index (χ1) is 14.2. The van der Waals surface area contributed by atoms with E-state index >= 15 is 0 Å². The van der Waals surface area contributed by atoms with E-state index < -0.39 is 0 Å².